The summed E-state index contributed by atoms with van der Waals surface area (Å²) in [6, 6.07) is 17.7. The van der Waals surface area contributed by atoms with Gasteiger partial charge < -0.3 is 14.9 Å². The van der Waals surface area contributed by atoms with Crippen LogP contribution in [0.3, 0.4) is 0 Å². The molecule has 1 unspecified atom stereocenters. The molecule has 3 heterocycles. The maximum atomic E-state index is 14.0. The highest BCUT2D eigenvalue weighted by molar-refractivity contribution is 8.01. The van der Waals surface area contributed by atoms with Gasteiger partial charge in [0.05, 0.1) is 0 Å². The van der Waals surface area contributed by atoms with E-state index in [0.717, 1.165) is 11.1 Å². The first-order valence-electron chi connectivity index (χ1n) is 13.1. The zero-order valence-corrected chi connectivity index (χ0v) is 25.0. The summed E-state index contributed by atoms with van der Waals surface area (Å²) in [6.07, 6.45) is -0.734. The number of nitrogens with zero attached hydrogens (tertiary/aromatic N) is 6. The summed E-state index contributed by atoms with van der Waals surface area (Å²) in [5.41, 5.74) is 1.82. The molecule has 15 heteroatoms. The zero-order chi connectivity index (χ0) is 30.5. The molecule has 2 aliphatic rings. The van der Waals surface area contributed by atoms with Gasteiger partial charge in [0.25, 0.3) is 11.8 Å². The Morgan fingerprint density at radius 2 is 1.77 bits per heavy atom. The van der Waals surface area contributed by atoms with E-state index >= 15 is 0 Å². The van der Waals surface area contributed by atoms with E-state index in [2.05, 4.69) is 30.8 Å². The van der Waals surface area contributed by atoms with Crippen LogP contribution in [0.5, 0.6) is 0 Å². The van der Waals surface area contributed by atoms with Gasteiger partial charge in [-0.05, 0) is 27.1 Å². The summed E-state index contributed by atoms with van der Waals surface area (Å²) in [4.78, 5) is 58.1. The lowest BCUT2D eigenvalue weighted by atomic mass is 10.0. The summed E-state index contributed by atoms with van der Waals surface area (Å²) in [7, 11) is 2.91. The fourth-order valence-corrected chi connectivity index (χ4v) is 6.93. The number of fused-ring (bicyclic) bond motifs is 1. The number of hydrogen-bond acceptors (Lipinski definition) is 12. The molecule has 222 valence electrons. The number of nitrogens with one attached hydrogen (secondary N) is 1. The van der Waals surface area contributed by atoms with E-state index < -0.39 is 46.8 Å². The number of benzene rings is 2. The van der Waals surface area contributed by atoms with E-state index in [1.165, 1.54) is 47.1 Å². The number of tetrazole rings is 1. The van der Waals surface area contributed by atoms with Crippen molar-refractivity contribution in [3.8, 4) is 0 Å². The number of thioether (sulfide) groups is 2. The third kappa shape index (κ3) is 6.32. The lowest BCUT2D eigenvalue weighted by molar-refractivity contribution is -0.154. The van der Waals surface area contributed by atoms with Crippen LogP contribution in [0.1, 0.15) is 24.2 Å². The van der Waals surface area contributed by atoms with Gasteiger partial charge in [0.1, 0.15) is 24.2 Å². The Kier molecular flexibility index (Phi) is 9.21. The van der Waals surface area contributed by atoms with Crippen LogP contribution in [-0.4, -0.2) is 84.4 Å². The van der Waals surface area contributed by atoms with Gasteiger partial charge >= 0.3 is 5.97 Å². The standard InChI is InChI=1S/C28H27N7O6S2/c1-16(36)20(31-40-3)24(37)29-21-25(38)35-22(19(14-42-26(21)35)15-43-28-30-32-33-34(28)2)27(39)41-23(17-10-6-4-7-11-17)18-12-8-5-9-13-18/h4-13,21,23,26H,14-15H2,1-3H3,(H,29,37)/t21?,26-/m1/s1. The van der Waals surface area contributed by atoms with Crippen LogP contribution in [0.25, 0.3) is 0 Å². The molecule has 1 saturated heterocycles. The van der Waals surface area contributed by atoms with Crippen molar-refractivity contribution in [3.05, 3.63) is 83.1 Å². The molecule has 2 atom stereocenters. The van der Waals surface area contributed by atoms with Crippen molar-refractivity contribution in [2.45, 2.75) is 29.6 Å². The van der Waals surface area contributed by atoms with Gasteiger partial charge in [-0.1, -0.05) is 77.6 Å². The number of rotatable bonds is 11. The molecule has 0 radical (unpaired) electrons. The normalized spacial score (nSPS) is 18.2. The Balaban J connectivity index is 1.45. The molecule has 2 aromatic carbocycles. The van der Waals surface area contributed by atoms with E-state index in [0.29, 0.717) is 22.2 Å². The van der Waals surface area contributed by atoms with Crippen LogP contribution < -0.4 is 5.32 Å². The summed E-state index contributed by atoms with van der Waals surface area (Å²) < 4.78 is 7.66. The largest absolute Gasteiger partial charge is 0.448 e. The van der Waals surface area contributed by atoms with Gasteiger partial charge in [0, 0.05) is 25.5 Å². The second kappa shape index (κ2) is 13.2. The topological polar surface area (TPSA) is 158 Å². The Labute approximate surface area is 255 Å². The predicted molar refractivity (Wildman–Crippen MR) is 158 cm³/mol. The van der Waals surface area contributed by atoms with Crippen LogP contribution in [0, 0.1) is 0 Å². The highest BCUT2D eigenvalue weighted by Crippen LogP contribution is 2.42. The van der Waals surface area contributed by atoms with Crippen molar-refractivity contribution < 1.29 is 28.8 Å². The molecule has 5 rings (SSSR count). The Morgan fingerprint density at radius 1 is 1.12 bits per heavy atom. The monoisotopic (exact) mass is 621 g/mol. The summed E-state index contributed by atoms with van der Waals surface area (Å²) in [5.74, 6) is -1.97. The van der Waals surface area contributed by atoms with Gasteiger partial charge in [-0.2, -0.15) is 0 Å². The van der Waals surface area contributed by atoms with Crippen molar-refractivity contribution in [1.29, 1.82) is 0 Å². The molecule has 1 aromatic heterocycles. The molecule has 0 spiro atoms. The summed E-state index contributed by atoms with van der Waals surface area (Å²) >= 11 is 2.70. The van der Waals surface area contributed by atoms with Crippen molar-refractivity contribution in [2.75, 3.05) is 18.6 Å². The molecular formula is C28H27N7O6S2. The van der Waals surface area contributed by atoms with E-state index in [9.17, 15) is 19.2 Å². The third-order valence-electron chi connectivity index (χ3n) is 6.64. The molecule has 13 nitrogen and oxygen atoms in total. The highest BCUT2D eigenvalue weighted by atomic mass is 32.2. The van der Waals surface area contributed by atoms with E-state index in [-0.39, 0.29) is 5.70 Å². The van der Waals surface area contributed by atoms with Crippen LogP contribution >= 0.6 is 23.5 Å². The van der Waals surface area contributed by atoms with Crippen molar-refractivity contribution in [2.24, 2.45) is 12.2 Å². The van der Waals surface area contributed by atoms with Crippen molar-refractivity contribution >= 4 is 52.8 Å². The van der Waals surface area contributed by atoms with Crippen molar-refractivity contribution in [3.63, 3.8) is 0 Å². The number of aromatic nitrogens is 4. The molecule has 3 aromatic rings. The van der Waals surface area contributed by atoms with Gasteiger partial charge in [0.2, 0.25) is 10.9 Å². The van der Waals surface area contributed by atoms with E-state index in [4.69, 9.17) is 4.74 Å². The minimum absolute atomic E-state index is 0.107. The van der Waals surface area contributed by atoms with Gasteiger partial charge in [0.15, 0.2) is 11.9 Å². The molecule has 2 aliphatic heterocycles. The molecule has 43 heavy (non-hydrogen) atoms. The fraction of sp³-hybridized carbons (Fsp3) is 0.286. The van der Waals surface area contributed by atoms with Crippen LogP contribution in [0.2, 0.25) is 0 Å². The molecule has 0 saturated carbocycles. The Bertz CT molecular complexity index is 1560. The molecule has 0 bridgehead atoms. The third-order valence-corrected chi connectivity index (χ3v) is 9.08. The molecular weight excluding hydrogens is 594 g/mol. The number of ether oxygens (including phenoxy) is 1. The smallest absolute Gasteiger partial charge is 0.356 e. The number of hydrogen-bond donors (Lipinski definition) is 1. The second-order valence-corrected chi connectivity index (χ2v) is 11.5. The maximum absolute atomic E-state index is 14.0. The number of ketones is 1. The number of amides is 2. The van der Waals surface area contributed by atoms with Gasteiger partial charge in [-0.15, -0.1) is 16.9 Å². The second-order valence-electron chi connectivity index (χ2n) is 9.47. The molecule has 1 N–H and O–H groups in total. The number of Topliss-reactive ketones (excluding diaryl/α,β-unsaturated/α-hetero) is 1. The van der Waals surface area contributed by atoms with Crippen LogP contribution in [-0.2, 0) is 35.8 Å². The minimum atomic E-state index is -0.988. The number of carbonyl (C=O) groups is 4. The first-order valence-corrected chi connectivity index (χ1v) is 15.1. The number of β-lactam (4-membered cyclic amide) rings is 1. The number of esters is 1. The molecule has 0 aliphatic carbocycles. The quantitative estimate of drug-likeness (QED) is 0.0832. The van der Waals surface area contributed by atoms with Crippen LogP contribution in [0.4, 0.5) is 0 Å². The molecule has 1 fully saturated rings. The number of aryl methyl sites for hydroxylation is 1. The van der Waals surface area contributed by atoms with Crippen molar-refractivity contribution in [1.82, 2.24) is 30.4 Å². The first-order chi connectivity index (χ1) is 20.8. The fourth-order valence-electron chi connectivity index (χ4n) is 4.59. The SMILES string of the molecule is CON=C(C(C)=O)C(=O)NC1C(=O)N2C(C(=O)OC(c3ccccc3)c3ccccc3)=C(CSc3nnnn3C)CS[C@H]12. The average molecular weight is 622 g/mol. The minimum Gasteiger partial charge on any atom is -0.448 e. The Morgan fingerprint density at radius 3 is 2.33 bits per heavy atom. The predicted octanol–water partition coefficient (Wildman–Crippen LogP) is 1.88. The lowest BCUT2D eigenvalue weighted by Crippen LogP contribution is -2.71. The first kappa shape index (κ1) is 30.0. The Hall–Kier alpha value is -4.50. The zero-order valence-electron chi connectivity index (χ0n) is 23.4. The summed E-state index contributed by atoms with van der Waals surface area (Å²) in [5, 5.41) is 17.5. The van der Waals surface area contributed by atoms with Crippen LogP contribution in [0.15, 0.2) is 82.2 Å². The summed E-state index contributed by atoms with van der Waals surface area (Å²) in [6.45, 7) is 1.17. The van der Waals surface area contributed by atoms with Gasteiger partial charge in [-0.25, -0.2) is 9.48 Å². The van der Waals surface area contributed by atoms with E-state index in [1.807, 2.05) is 60.7 Å². The van der Waals surface area contributed by atoms with E-state index in [1.54, 1.807) is 7.05 Å². The number of oxime groups is 1. The molecule has 2 amide bonds. The average Bonchev–Trinajstić information content (AvgIpc) is 3.44. The van der Waals surface area contributed by atoms with Gasteiger partial charge in [-0.3, -0.25) is 19.3 Å². The maximum Gasteiger partial charge on any atom is 0.356 e. The highest BCUT2D eigenvalue weighted by Gasteiger charge is 2.55. The number of carbonyl (C=O) groups excluding carboxylic acids is 4. The lowest BCUT2D eigenvalue weighted by Gasteiger charge is -2.49.